The molecule has 1 aromatic heterocycles. The van der Waals surface area contributed by atoms with E-state index < -0.39 is 0 Å². The van der Waals surface area contributed by atoms with Crippen LogP contribution in [0.1, 0.15) is 49.9 Å². The highest BCUT2D eigenvalue weighted by atomic mass is 35.5. The fourth-order valence-electron chi connectivity index (χ4n) is 2.76. The second kappa shape index (κ2) is 4.44. The van der Waals surface area contributed by atoms with Gasteiger partial charge < -0.3 is 5.73 Å². The zero-order valence-corrected chi connectivity index (χ0v) is 10.7. The third kappa shape index (κ3) is 2.08. The summed E-state index contributed by atoms with van der Waals surface area (Å²) in [6, 6.07) is 4.23. The molecule has 1 atom stereocenters. The molecule has 2 rings (SSSR count). The monoisotopic (exact) mass is 243 g/mol. The van der Waals surface area contributed by atoms with E-state index in [4.69, 9.17) is 17.3 Å². The van der Waals surface area contributed by atoms with E-state index in [1.54, 1.807) is 11.3 Å². The van der Waals surface area contributed by atoms with Crippen molar-refractivity contribution in [2.45, 2.75) is 45.1 Å². The molecule has 2 N–H and O–H groups in total. The van der Waals surface area contributed by atoms with Gasteiger partial charge in [0.15, 0.2) is 0 Å². The molecule has 0 bridgehead atoms. The van der Waals surface area contributed by atoms with Crippen molar-refractivity contribution >= 4 is 22.9 Å². The van der Waals surface area contributed by atoms with Gasteiger partial charge in [0.2, 0.25) is 0 Å². The Morgan fingerprint density at radius 3 is 2.60 bits per heavy atom. The summed E-state index contributed by atoms with van der Waals surface area (Å²) < 4.78 is 0.852. The molecule has 0 radical (unpaired) electrons. The second-order valence-electron chi connectivity index (χ2n) is 4.54. The van der Waals surface area contributed by atoms with Gasteiger partial charge in [0, 0.05) is 10.9 Å². The average Bonchev–Trinajstić information content (AvgIpc) is 2.86. The lowest BCUT2D eigenvalue weighted by Crippen LogP contribution is -2.30. The van der Waals surface area contributed by atoms with Crippen molar-refractivity contribution in [2.24, 2.45) is 11.1 Å². The molecule has 1 aliphatic rings. The van der Waals surface area contributed by atoms with E-state index in [9.17, 15) is 0 Å². The smallest absolute Gasteiger partial charge is 0.0931 e. The summed E-state index contributed by atoms with van der Waals surface area (Å²) in [7, 11) is 0. The van der Waals surface area contributed by atoms with Crippen molar-refractivity contribution in [3.8, 4) is 0 Å². The molecule has 84 valence electrons. The first-order valence-electron chi connectivity index (χ1n) is 5.69. The van der Waals surface area contributed by atoms with Crippen LogP contribution in [0.3, 0.4) is 0 Å². The van der Waals surface area contributed by atoms with Gasteiger partial charge in [0.1, 0.15) is 0 Å². The number of hydrogen-bond acceptors (Lipinski definition) is 2. The SMILES string of the molecule is CCC1(C(N)c2ccc(Cl)s2)CCCC1. The van der Waals surface area contributed by atoms with Crippen molar-refractivity contribution in [2.75, 3.05) is 0 Å². The van der Waals surface area contributed by atoms with Crippen molar-refractivity contribution in [3.63, 3.8) is 0 Å². The molecule has 0 amide bonds. The van der Waals surface area contributed by atoms with Crippen molar-refractivity contribution in [1.82, 2.24) is 0 Å². The van der Waals surface area contributed by atoms with E-state index in [1.807, 2.05) is 6.07 Å². The third-order valence-corrected chi connectivity index (χ3v) is 5.18. The Labute approximate surface area is 101 Å². The first kappa shape index (κ1) is 11.4. The average molecular weight is 244 g/mol. The molecule has 15 heavy (non-hydrogen) atoms. The molecule has 1 heterocycles. The molecule has 1 aromatic rings. The highest BCUT2D eigenvalue weighted by Crippen LogP contribution is 2.50. The van der Waals surface area contributed by atoms with Crippen molar-refractivity contribution < 1.29 is 0 Å². The molecule has 1 fully saturated rings. The summed E-state index contributed by atoms with van der Waals surface area (Å²) in [4.78, 5) is 1.25. The molecule has 1 saturated carbocycles. The van der Waals surface area contributed by atoms with Crippen molar-refractivity contribution in [1.29, 1.82) is 0 Å². The third-order valence-electron chi connectivity index (χ3n) is 3.86. The Balaban J connectivity index is 2.21. The minimum absolute atomic E-state index is 0.183. The van der Waals surface area contributed by atoms with E-state index in [2.05, 4.69) is 13.0 Å². The molecular formula is C12H18ClNS. The van der Waals surface area contributed by atoms with Crippen LogP contribution in [0, 0.1) is 5.41 Å². The molecule has 0 spiro atoms. The lowest BCUT2D eigenvalue weighted by atomic mass is 9.76. The molecular weight excluding hydrogens is 226 g/mol. The minimum atomic E-state index is 0.183. The lowest BCUT2D eigenvalue weighted by molar-refractivity contribution is 0.225. The normalized spacial score (nSPS) is 21.8. The van der Waals surface area contributed by atoms with E-state index in [0.29, 0.717) is 5.41 Å². The van der Waals surface area contributed by atoms with E-state index in [0.717, 1.165) is 4.34 Å². The van der Waals surface area contributed by atoms with E-state index >= 15 is 0 Å². The van der Waals surface area contributed by atoms with Crippen LogP contribution in [0.15, 0.2) is 12.1 Å². The van der Waals surface area contributed by atoms with Crippen LogP contribution in [0.4, 0.5) is 0 Å². The van der Waals surface area contributed by atoms with Gasteiger partial charge in [0.05, 0.1) is 4.34 Å². The quantitative estimate of drug-likeness (QED) is 0.838. The van der Waals surface area contributed by atoms with Gasteiger partial charge >= 0.3 is 0 Å². The molecule has 1 aliphatic carbocycles. The number of rotatable bonds is 3. The second-order valence-corrected chi connectivity index (χ2v) is 6.29. The van der Waals surface area contributed by atoms with Gasteiger partial charge in [-0.15, -0.1) is 11.3 Å². The van der Waals surface area contributed by atoms with Crippen LogP contribution < -0.4 is 5.73 Å². The predicted octanol–water partition coefficient (Wildman–Crippen LogP) is 4.37. The zero-order chi connectivity index (χ0) is 10.9. The molecule has 1 unspecified atom stereocenters. The van der Waals surface area contributed by atoms with Crippen LogP contribution in [-0.2, 0) is 0 Å². The van der Waals surface area contributed by atoms with Gasteiger partial charge in [0.25, 0.3) is 0 Å². The maximum Gasteiger partial charge on any atom is 0.0931 e. The largest absolute Gasteiger partial charge is 0.323 e. The fraction of sp³-hybridized carbons (Fsp3) is 0.667. The Kier molecular flexibility index (Phi) is 3.39. The molecule has 0 aliphatic heterocycles. The standard InChI is InChI=1S/C12H18ClNS/c1-2-12(7-3-4-8-12)11(14)9-5-6-10(13)15-9/h5-6,11H,2-4,7-8,14H2,1H3. The van der Waals surface area contributed by atoms with E-state index in [1.165, 1.54) is 37.0 Å². The molecule has 0 saturated heterocycles. The predicted molar refractivity (Wildman–Crippen MR) is 67.4 cm³/mol. The van der Waals surface area contributed by atoms with Gasteiger partial charge in [-0.25, -0.2) is 0 Å². The summed E-state index contributed by atoms with van der Waals surface area (Å²) in [6.45, 7) is 2.26. The van der Waals surface area contributed by atoms with E-state index in [-0.39, 0.29) is 6.04 Å². The molecule has 3 heteroatoms. The zero-order valence-electron chi connectivity index (χ0n) is 9.13. The summed E-state index contributed by atoms with van der Waals surface area (Å²) in [5.41, 5.74) is 6.75. The summed E-state index contributed by atoms with van der Waals surface area (Å²) >= 11 is 7.60. The van der Waals surface area contributed by atoms with Crippen molar-refractivity contribution in [3.05, 3.63) is 21.3 Å². The summed E-state index contributed by atoms with van der Waals surface area (Å²) in [5, 5.41) is 0. The fourth-order valence-corrected chi connectivity index (χ4v) is 3.97. The lowest BCUT2D eigenvalue weighted by Gasteiger charge is -2.33. The van der Waals surface area contributed by atoms with Gasteiger partial charge in [-0.1, -0.05) is 31.4 Å². The van der Waals surface area contributed by atoms with Crippen LogP contribution in [-0.4, -0.2) is 0 Å². The Hall–Kier alpha value is -0.0500. The highest BCUT2D eigenvalue weighted by molar-refractivity contribution is 7.16. The number of thiophene rings is 1. The Morgan fingerprint density at radius 2 is 2.13 bits per heavy atom. The topological polar surface area (TPSA) is 26.0 Å². The maximum absolute atomic E-state index is 6.41. The first-order chi connectivity index (χ1) is 7.18. The minimum Gasteiger partial charge on any atom is -0.323 e. The number of nitrogens with two attached hydrogens (primary N) is 1. The van der Waals surface area contributed by atoms with Gasteiger partial charge in [-0.3, -0.25) is 0 Å². The Bertz CT molecular complexity index is 328. The van der Waals surface area contributed by atoms with Gasteiger partial charge in [-0.2, -0.15) is 0 Å². The highest BCUT2D eigenvalue weighted by Gasteiger charge is 2.39. The summed E-state index contributed by atoms with van der Waals surface area (Å²) in [6.07, 6.45) is 6.41. The van der Waals surface area contributed by atoms with Crippen LogP contribution >= 0.6 is 22.9 Å². The van der Waals surface area contributed by atoms with Crippen LogP contribution in [0.2, 0.25) is 4.34 Å². The Morgan fingerprint density at radius 1 is 1.47 bits per heavy atom. The van der Waals surface area contributed by atoms with Crippen LogP contribution in [0.25, 0.3) is 0 Å². The molecule has 0 aromatic carbocycles. The molecule has 1 nitrogen and oxygen atoms in total. The van der Waals surface area contributed by atoms with Crippen LogP contribution in [0.5, 0.6) is 0 Å². The maximum atomic E-state index is 6.41. The van der Waals surface area contributed by atoms with Gasteiger partial charge in [-0.05, 0) is 36.8 Å². The number of halogens is 1. The summed E-state index contributed by atoms with van der Waals surface area (Å²) in [5.74, 6) is 0. The first-order valence-corrected chi connectivity index (χ1v) is 6.88. The number of hydrogen-bond donors (Lipinski definition) is 1.